The van der Waals surface area contributed by atoms with Gasteiger partial charge in [-0.3, -0.25) is 9.59 Å². The van der Waals surface area contributed by atoms with Gasteiger partial charge in [0.1, 0.15) is 0 Å². The van der Waals surface area contributed by atoms with Crippen LogP contribution >= 0.6 is 0 Å². The van der Waals surface area contributed by atoms with Crippen molar-refractivity contribution in [3.8, 4) is 0 Å². The predicted octanol–water partition coefficient (Wildman–Crippen LogP) is 3.04. The second-order valence-electron chi connectivity index (χ2n) is 6.16. The fraction of sp³-hybridized carbons (Fsp3) is 0.556. The molecule has 0 saturated carbocycles. The van der Waals surface area contributed by atoms with Crippen LogP contribution in [0.15, 0.2) is 24.3 Å². The number of aryl methyl sites for hydroxylation is 1. The van der Waals surface area contributed by atoms with Crippen LogP contribution in [-0.2, 0) is 9.59 Å². The van der Waals surface area contributed by atoms with Gasteiger partial charge in [0, 0.05) is 37.7 Å². The maximum absolute atomic E-state index is 12.5. The molecule has 0 aromatic heterocycles. The van der Waals surface area contributed by atoms with E-state index in [0.29, 0.717) is 19.4 Å². The molecular formula is C18H26N2O3. The molecule has 1 amide bonds. The average Bonchev–Trinajstić information content (AvgIpc) is 2.55. The summed E-state index contributed by atoms with van der Waals surface area (Å²) in [6.45, 7) is 3.40. The summed E-state index contributed by atoms with van der Waals surface area (Å²) in [6, 6.07) is 8.11. The number of likely N-dealkylation sites (tertiary alicyclic amines) is 1. The molecular weight excluding hydrogens is 292 g/mol. The molecule has 1 aliphatic rings. The number of carboxylic acid groups (broad SMARTS) is 1. The SMILES string of the molecule is Cc1ccccc1NCCC(=O)N1CCCCC1CCC(=O)O. The summed E-state index contributed by atoms with van der Waals surface area (Å²) >= 11 is 0. The van der Waals surface area contributed by atoms with E-state index in [-0.39, 0.29) is 18.4 Å². The number of anilines is 1. The maximum Gasteiger partial charge on any atom is 0.303 e. The van der Waals surface area contributed by atoms with Crippen LogP contribution in [0, 0.1) is 6.92 Å². The van der Waals surface area contributed by atoms with Gasteiger partial charge in [-0.25, -0.2) is 0 Å². The molecule has 0 aliphatic carbocycles. The fourth-order valence-corrected chi connectivity index (χ4v) is 3.14. The number of aliphatic carboxylic acids is 1. The molecule has 0 radical (unpaired) electrons. The second-order valence-corrected chi connectivity index (χ2v) is 6.16. The molecule has 5 heteroatoms. The second kappa shape index (κ2) is 8.56. The normalized spacial score (nSPS) is 17.8. The van der Waals surface area contributed by atoms with Gasteiger partial charge in [0.2, 0.25) is 5.91 Å². The van der Waals surface area contributed by atoms with Crippen molar-refractivity contribution in [2.45, 2.75) is 51.5 Å². The average molecular weight is 318 g/mol. The summed E-state index contributed by atoms with van der Waals surface area (Å²) in [5.74, 6) is -0.662. The number of carbonyl (C=O) groups excluding carboxylic acids is 1. The van der Waals surface area contributed by atoms with E-state index in [1.54, 1.807) is 0 Å². The zero-order valence-corrected chi connectivity index (χ0v) is 13.8. The Kier molecular flexibility index (Phi) is 6.44. The lowest BCUT2D eigenvalue weighted by Crippen LogP contribution is -2.44. The van der Waals surface area contributed by atoms with Crippen molar-refractivity contribution in [2.75, 3.05) is 18.4 Å². The molecule has 1 aromatic rings. The smallest absolute Gasteiger partial charge is 0.303 e. The van der Waals surface area contributed by atoms with Crippen LogP contribution in [-0.4, -0.2) is 41.0 Å². The molecule has 2 rings (SSSR count). The first-order valence-corrected chi connectivity index (χ1v) is 8.38. The van der Waals surface area contributed by atoms with Crippen LogP contribution in [0.3, 0.4) is 0 Å². The summed E-state index contributed by atoms with van der Waals surface area (Å²) in [6.07, 6.45) is 4.15. The van der Waals surface area contributed by atoms with Crippen LogP contribution in [0.2, 0.25) is 0 Å². The number of carboxylic acids is 1. The first-order valence-electron chi connectivity index (χ1n) is 8.38. The lowest BCUT2D eigenvalue weighted by molar-refractivity contribution is -0.140. The standard InChI is InChI=1S/C18H26N2O3/c1-14-6-2-3-8-16(14)19-12-11-17(21)20-13-5-4-7-15(20)9-10-18(22)23/h2-3,6,8,15,19H,4-5,7,9-13H2,1H3,(H,22,23). The van der Waals surface area contributed by atoms with Crippen LogP contribution in [0.1, 0.15) is 44.1 Å². The Balaban J connectivity index is 1.83. The fourth-order valence-electron chi connectivity index (χ4n) is 3.14. The van der Waals surface area contributed by atoms with Gasteiger partial charge in [0.15, 0.2) is 0 Å². The summed E-state index contributed by atoms with van der Waals surface area (Å²) < 4.78 is 0. The molecule has 1 aliphatic heterocycles. The van der Waals surface area contributed by atoms with E-state index in [1.807, 2.05) is 36.1 Å². The Morgan fingerprint density at radius 1 is 1.26 bits per heavy atom. The van der Waals surface area contributed by atoms with E-state index in [2.05, 4.69) is 5.32 Å². The Hall–Kier alpha value is -2.04. The minimum atomic E-state index is -0.788. The summed E-state index contributed by atoms with van der Waals surface area (Å²) in [5.41, 5.74) is 2.22. The number of amides is 1. The van der Waals surface area contributed by atoms with Crippen molar-refractivity contribution < 1.29 is 14.7 Å². The van der Waals surface area contributed by atoms with Crippen molar-refractivity contribution in [1.82, 2.24) is 4.90 Å². The van der Waals surface area contributed by atoms with E-state index in [9.17, 15) is 9.59 Å². The molecule has 1 fully saturated rings. The first-order chi connectivity index (χ1) is 11.1. The Labute approximate surface area is 137 Å². The van der Waals surface area contributed by atoms with Crippen molar-refractivity contribution >= 4 is 17.6 Å². The lowest BCUT2D eigenvalue weighted by atomic mass is 9.97. The van der Waals surface area contributed by atoms with Gasteiger partial charge in [0.05, 0.1) is 0 Å². The number of hydrogen-bond acceptors (Lipinski definition) is 3. The predicted molar refractivity (Wildman–Crippen MR) is 90.5 cm³/mol. The highest BCUT2D eigenvalue weighted by atomic mass is 16.4. The number of nitrogens with zero attached hydrogens (tertiary/aromatic N) is 1. The first kappa shape index (κ1) is 17.3. The highest BCUT2D eigenvalue weighted by molar-refractivity contribution is 5.77. The van der Waals surface area contributed by atoms with Gasteiger partial charge in [-0.2, -0.15) is 0 Å². The number of rotatable bonds is 7. The minimum Gasteiger partial charge on any atom is -0.481 e. The molecule has 1 atom stereocenters. The number of carbonyl (C=O) groups is 2. The molecule has 5 nitrogen and oxygen atoms in total. The molecule has 2 N–H and O–H groups in total. The number of hydrogen-bond donors (Lipinski definition) is 2. The van der Waals surface area contributed by atoms with Crippen molar-refractivity contribution in [3.05, 3.63) is 29.8 Å². The van der Waals surface area contributed by atoms with E-state index >= 15 is 0 Å². The summed E-state index contributed by atoms with van der Waals surface area (Å²) in [4.78, 5) is 25.1. The van der Waals surface area contributed by atoms with E-state index in [4.69, 9.17) is 5.11 Å². The topological polar surface area (TPSA) is 69.6 Å². The van der Waals surface area contributed by atoms with E-state index in [1.165, 1.54) is 0 Å². The molecule has 126 valence electrons. The zero-order chi connectivity index (χ0) is 16.7. The van der Waals surface area contributed by atoms with E-state index in [0.717, 1.165) is 37.1 Å². The van der Waals surface area contributed by atoms with Crippen molar-refractivity contribution in [1.29, 1.82) is 0 Å². The molecule has 0 spiro atoms. The van der Waals surface area contributed by atoms with Crippen LogP contribution in [0.4, 0.5) is 5.69 Å². The monoisotopic (exact) mass is 318 g/mol. The Bertz CT molecular complexity index is 545. The highest BCUT2D eigenvalue weighted by Gasteiger charge is 2.26. The molecule has 23 heavy (non-hydrogen) atoms. The molecule has 1 aromatic carbocycles. The zero-order valence-electron chi connectivity index (χ0n) is 13.8. The number of piperidine rings is 1. The molecule has 1 unspecified atom stereocenters. The molecule has 1 heterocycles. The van der Waals surface area contributed by atoms with Gasteiger partial charge in [0.25, 0.3) is 0 Å². The third-order valence-electron chi connectivity index (χ3n) is 4.44. The van der Waals surface area contributed by atoms with Crippen LogP contribution in [0.5, 0.6) is 0 Å². The minimum absolute atomic E-state index is 0.0887. The Morgan fingerprint density at radius 2 is 2.04 bits per heavy atom. The lowest BCUT2D eigenvalue weighted by Gasteiger charge is -2.36. The third-order valence-corrected chi connectivity index (χ3v) is 4.44. The van der Waals surface area contributed by atoms with Crippen LogP contribution in [0.25, 0.3) is 0 Å². The van der Waals surface area contributed by atoms with Crippen molar-refractivity contribution in [2.24, 2.45) is 0 Å². The number of benzene rings is 1. The highest BCUT2D eigenvalue weighted by Crippen LogP contribution is 2.22. The maximum atomic E-state index is 12.5. The largest absolute Gasteiger partial charge is 0.481 e. The van der Waals surface area contributed by atoms with Crippen molar-refractivity contribution in [3.63, 3.8) is 0 Å². The van der Waals surface area contributed by atoms with Gasteiger partial charge >= 0.3 is 5.97 Å². The quantitative estimate of drug-likeness (QED) is 0.811. The molecule has 1 saturated heterocycles. The van der Waals surface area contributed by atoms with Gasteiger partial charge < -0.3 is 15.3 Å². The van der Waals surface area contributed by atoms with Gasteiger partial charge in [-0.1, -0.05) is 18.2 Å². The van der Waals surface area contributed by atoms with Gasteiger partial charge in [-0.15, -0.1) is 0 Å². The number of nitrogens with one attached hydrogen (secondary N) is 1. The number of para-hydroxylation sites is 1. The molecule has 0 bridgehead atoms. The Morgan fingerprint density at radius 3 is 2.78 bits per heavy atom. The summed E-state index contributed by atoms with van der Waals surface area (Å²) in [7, 11) is 0. The summed E-state index contributed by atoms with van der Waals surface area (Å²) in [5, 5.41) is 12.2. The third kappa shape index (κ3) is 5.27. The van der Waals surface area contributed by atoms with E-state index < -0.39 is 5.97 Å². The van der Waals surface area contributed by atoms with Crippen LogP contribution < -0.4 is 5.32 Å². The van der Waals surface area contributed by atoms with Gasteiger partial charge in [-0.05, 0) is 44.2 Å².